The Balaban J connectivity index is 2.19. The molecule has 0 spiro atoms. The third-order valence-electron chi connectivity index (χ3n) is 3.49. The molecule has 114 valence electrons. The van der Waals surface area contributed by atoms with Gasteiger partial charge in [0.25, 0.3) is 5.91 Å². The molecule has 1 atom stereocenters. The molecule has 0 aliphatic carbocycles. The summed E-state index contributed by atoms with van der Waals surface area (Å²) in [7, 11) is 0. The first-order chi connectivity index (χ1) is 10.1. The lowest BCUT2D eigenvalue weighted by molar-refractivity contribution is 0.0923. The molecule has 0 saturated heterocycles. The number of hydrogen-bond donors (Lipinski definition) is 2. The van der Waals surface area contributed by atoms with E-state index in [2.05, 4.69) is 34.2 Å². The van der Waals surface area contributed by atoms with Crippen molar-refractivity contribution in [1.29, 1.82) is 0 Å². The van der Waals surface area contributed by atoms with E-state index in [0.29, 0.717) is 18.2 Å². The molecule has 2 aromatic rings. The van der Waals surface area contributed by atoms with Crippen LogP contribution in [0.25, 0.3) is 0 Å². The Morgan fingerprint density at radius 3 is 2.71 bits per heavy atom. The lowest BCUT2D eigenvalue weighted by Gasteiger charge is -2.14. The zero-order valence-electron chi connectivity index (χ0n) is 13.1. The van der Waals surface area contributed by atoms with E-state index in [1.807, 2.05) is 19.9 Å². The number of nitrogens with zero attached hydrogens (tertiary/aromatic N) is 3. The van der Waals surface area contributed by atoms with Crippen LogP contribution in [0.2, 0.25) is 0 Å². The molecule has 2 rings (SSSR count). The van der Waals surface area contributed by atoms with Gasteiger partial charge in [-0.15, -0.1) is 0 Å². The zero-order valence-corrected chi connectivity index (χ0v) is 13.1. The maximum absolute atomic E-state index is 12.5. The minimum absolute atomic E-state index is 0.112. The van der Waals surface area contributed by atoms with Gasteiger partial charge in [-0.2, -0.15) is 5.10 Å². The number of rotatable bonds is 6. The fourth-order valence-corrected chi connectivity index (χ4v) is 2.21. The summed E-state index contributed by atoms with van der Waals surface area (Å²) in [5, 5.41) is 7.50. The molecule has 6 heteroatoms. The van der Waals surface area contributed by atoms with E-state index in [-0.39, 0.29) is 11.9 Å². The number of nitrogens with one attached hydrogen (secondary N) is 2. The highest BCUT2D eigenvalue weighted by molar-refractivity contribution is 5.93. The van der Waals surface area contributed by atoms with Crippen molar-refractivity contribution in [2.24, 2.45) is 0 Å². The number of aryl methyl sites for hydroxylation is 1. The van der Waals surface area contributed by atoms with Crippen LogP contribution in [0, 0.1) is 0 Å². The fraction of sp³-hybridized carbons (Fsp3) is 0.533. The first-order valence-corrected chi connectivity index (χ1v) is 7.44. The van der Waals surface area contributed by atoms with Crippen LogP contribution in [0.1, 0.15) is 68.1 Å². The van der Waals surface area contributed by atoms with Gasteiger partial charge < -0.3 is 10.3 Å². The predicted octanol–water partition coefficient (Wildman–Crippen LogP) is 2.63. The van der Waals surface area contributed by atoms with Crippen LogP contribution < -0.4 is 5.32 Å². The molecule has 1 unspecified atom stereocenters. The first-order valence-electron chi connectivity index (χ1n) is 7.44. The molecule has 0 bridgehead atoms. The van der Waals surface area contributed by atoms with Crippen molar-refractivity contribution in [2.75, 3.05) is 0 Å². The molecular weight excluding hydrogens is 266 g/mol. The summed E-state index contributed by atoms with van der Waals surface area (Å²) < 4.78 is 1.75. The highest BCUT2D eigenvalue weighted by Crippen LogP contribution is 2.17. The van der Waals surface area contributed by atoms with Crippen molar-refractivity contribution < 1.29 is 4.79 Å². The average Bonchev–Trinajstić information content (AvgIpc) is 3.12. The van der Waals surface area contributed by atoms with Crippen LogP contribution in [0.4, 0.5) is 0 Å². The van der Waals surface area contributed by atoms with Gasteiger partial charge in [0, 0.05) is 18.9 Å². The molecule has 0 aromatic carbocycles. The molecule has 0 aliphatic heterocycles. The fourth-order valence-electron chi connectivity index (χ4n) is 2.21. The van der Waals surface area contributed by atoms with Crippen LogP contribution in [0.5, 0.6) is 0 Å². The van der Waals surface area contributed by atoms with Gasteiger partial charge in [0.05, 0.1) is 11.7 Å². The minimum atomic E-state index is -0.116. The van der Waals surface area contributed by atoms with Crippen molar-refractivity contribution in [3.8, 4) is 0 Å². The molecule has 2 aromatic heterocycles. The summed E-state index contributed by atoms with van der Waals surface area (Å²) in [5.41, 5.74) is 1.54. The second kappa shape index (κ2) is 6.56. The van der Waals surface area contributed by atoms with E-state index >= 15 is 0 Å². The Hall–Kier alpha value is -2.11. The molecule has 0 aliphatic rings. The average molecular weight is 289 g/mol. The van der Waals surface area contributed by atoms with E-state index in [9.17, 15) is 4.79 Å². The topological polar surface area (TPSA) is 75.6 Å². The van der Waals surface area contributed by atoms with Gasteiger partial charge in [-0.25, -0.2) is 4.98 Å². The summed E-state index contributed by atoms with van der Waals surface area (Å²) in [6.45, 7) is 8.82. The Labute approximate surface area is 125 Å². The maximum atomic E-state index is 12.5. The van der Waals surface area contributed by atoms with Crippen LogP contribution in [0.15, 0.2) is 18.5 Å². The third-order valence-corrected chi connectivity index (χ3v) is 3.49. The smallest absolute Gasteiger partial charge is 0.270 e. The second-order valence-electron chi connectivity index (χ2n) is 5.33. The van der Waals surface area contributed by atoms with E-state index in [0.717, 1.165) is 17.9 Å². The number of imidazole rings is 1. The molecule has 2 heterocycles. The number of H-pyrrole nitrogens is 1. The van der Waals surface area contributed by atoms with Gasteiger partial charge in [-0.3, -0.25) is 9.48 Å². The Morgan fingerprint density at radius 1 is 1.43 bits per heavy atom. The number of carbonyl (C=O) groups excluding carboxylic acids is 1. The quantitative estimate of drug-likeness (QED) is 0.858. The van der Waals surface area contributed by atoms with Gasteiger partial charge in [0.15, 0.2) is 0 Å². The highest BCUT2D eigenvalue weighted by Gasteiger charge is 2.20. The molecule has 0 radical (unpaired) electrons. The van der Waals surface area contributed by atoms with E-state index in [4.69, 9.17) is 0 Å². The van der Waals surface area contributed by atoms with Gasteiger partial charge in [-0.1, -0.05) is 20.8 Å². The van der Waals surface area contributed by atoms with E-state index in [1.54, 1.807) is 17.1 Å². The number of amides is 1. The van der Waals surface area contributed by atoms with Crippen LogP contribution in [0.3, 0.4) is 0 Å². The lowest BCUT2D eigenvalue weighted by Crippen LogP contribution is -2.30. The molecule has 0 saturated carbocycles. The van der Waals surface area contributed by atoms with Crippen molar-refractivity contribution in [3.05, 3.63) is 35.7 Å². The van der Waals surface area contributed by atoms with Gasteiger partial charge in [0.2, 0.25) is 0 Å². The van der Waals surface area contributed by atoms with Gasteiger partial charge in [0.1, 0.15) is 11.5 Å². The van der Waals surface area contributed by atoms with Crippen molar-refractivity contribution in [2.45, 2.75) is 52.6 Å². The largest absolute Gasteiger partial charge is 0.347 e. The van der Waals surface area contributed by atoms with Crippen LogP contribution in [-0.2, 0) is 6.54 Å². The summed E-state index contributed by atoms with van der Waals surface area (Å²) in [6.07, 6.45) is 4.23. The zero-order chi connectivity index (χ0) is 15.4. The molecule has 0 fully saturated rings. The SMILES string of the molecule is CCC(NC(=O)c1cc(C(C)C)nn1CC)c1ncc[nH]1. The maximum Gasteiger partial charge on any atom is 0.270 e. The molecule has 6 nitrogen and oxygen atoms in total. The van der Waals surface area contributed by atoms with Crippen LogP contribution >= 0.6 is 0 Å². The first kappa shape index (κ1) is 15.3. The summed E-state index contributed by atoms with van der Waals surface area (Å²) in [4.78, 5) is 19.8. The van der Waals surface area contributed by atoms with E-state index in [1.165, 1.54) is 0 Å². The Bertz CT molecular complexity index is 585. The normalized spacial score (nSPS) is 12.6. The number of carbonyl (C=O) groups is 1. The molecule has 21 heavy (non-hydrogen) atoms. The number of hydrogen-bond acceptors (Lipinski definition) is 3. The summed E-state index contributed by atoms with van der Waals surface area (Å²) >= 11 is 0. The molecule has 1 amide bonds. The van der Waals surface area contributed by atoms with Crippen molar-refractivity contribution in [3.63, 3.8) is 0 Å². The summed E-state index contributed by atoms with van der Waals surface area (Å²) in [5.74, 6) is 0.966. The van der Waals surface area contributed by atoms with Crippen molar-refractivity contribution in [1.82, 2.24) is 25.1 Å². The van der Waals surface area contributed by atoms with Crippen molar-refractivity contribution >= 4 is 5.91 Å². The Morgan fingerprint density at radius 2 is 2.19 bits per heavy atom. The lowest BCUT2D eigenvalue weighted by atomic mass is 10.1. The number of aromatic nitrogens is 4. The van der Waals surface area contributed by atoms with Gasteiger partial charge in [-0.05, 0) is 25.3 Å². The standard InChI is InChI=1S/C15H23N5O/c1-5-11(14-16-7-8-17-14)18-15(21)13-9-12(10(3)4)19-20(13)6-2/h7-11H,5-6H2,1-4H3,(H,16,17)(H,18,21). The highest BCUT2D eigenvalue weighted by atomic mass is 16.2. The van der Waals surface area contributed by atoms with Gasteiger partial charge >= 0.3 is 0 Å². The summed E-state index contributed by atoms with van der Waals surface area (Å²) in [6, 6.07) is 1.76. The third kappa shape index (κ3) is 3.32. The van der Waals surface area contributed by atoms with E-state index < -0.39 is 0 Å². The monoisotopic (exact) mass is 289 g/mol. The minimum Gasteiger partial charge on any atom is -0.347 e. The molecular formula is C15H23N5O. The number of aromatic amines is 1. The second-order valence-corrected chi connectivity index (χ2v) is 5.33. The Kier molecular flexibility index (Phi) is 4.77. The molecule has 2 N–H and O–H groups in total. The van der Waals surface area contributed by atoms with Crippen LogP contribution in [-0.4, -0.2) is 25.7 Å². The predicted molar refractivity (Wildman–Crippen MR) is 81.1 cm³/mol.